The van der Waals surface area contributed by atoms with Crippen LogP contribution in [0.1, 0.15) is 21.5 Å². The summed E-state index contributed by atoms with van der Waals surface area (Å²) in [7, 11) is 1.56. The van der Waals surface area contributed by atoms with Gasteiger partial charge in [0.2, 0.25) is 5.78 Å². The van der Waals surface area contributed by atoms with Gasteiger partial charge >= 0.3 is 0 Å². The van der Waals surface area contributed by atoms with Crippen LogP contribution in [0.3, 0.4) is 0 Å². The molecule has 0 aliphatic carbocycles. The first-order valence-corrected chi connectivity index (χ1v) is 6.47. The number of hydrogen-bond acceptors (Lipinski definition) is 3. The number of carbonyl (C=O) groups excluding carboxylic acids is 1. The molecule has 0 saturated carbocycles. The number of ketones is 1. The summed E-state index contributed by atoms with van der Waals surface area (Å²) in [6, 6.07) is 9.41. The van der Waals surface area contributed by atoms with Crippen molar-refractivity contribution in [2.45, 2.75) is 6.92 Å². The van der Waals surface area contributed by atoms with Crippen molar-refractivity contribution in [1.82, 2.24) is 0 Å². The zero-order valence-electron chi connectivity index (χ0n) is 11.6. The molecule has 0 spiro atoms. The van der Waals surface area contributed by atoms with E-state index in [-0.39, 0.29) is 17.4 Å². The fraction of sp³-hybridized carbons (Fsp3) is 0.118. The summed E-state index contributed by atoms with van der Waals surface area (Å²) in [5.74, 6) is 0.785. The maximum Gasteiger partial charge on any atom is 0.231 e. The Bertz CT molecular complexity index is 763. The SMILES string of the molecule is COc1ccc2c(c1C)O/C(=C\c1cccc(F)c1)C2=O. The minimum absolute atomic E-state index is 0.187. The number of ether oxygens (including phenoxy) is 2. The predicted molar refractivity (Wildman–Crippen MR) is 77.1 cm³/mol. The fourth-order valence-corrected chi connectivity index (χ4v) is 2.34. The number of halogens is 1. The van der Waals surface area contributed by atoms with Gasteiger partial charge in [0, 0.05) is 5.56 Å². The Hall–Kier alpha value is -2.62. The highest BCUT2D eigenvalue weighted by molar-refractivity contribution is 6.14. The largest absolute Gasteiger partial charge is 0.496 e. The van der Waals surface area contributed by atoms with E-state index in [2.05, 4.69) is 0 Å². The van der Waals surface area contributed by atoms with Crippen LogP contribution < -0.4 is 9.47 Å². The normalized spacial score (nSPS) is 15.0. The van der Waals surface area contributed by atoms with E-state index < -0.39 is 0 Å². The first-order chi connectivity index (χ1) is 10.1. The standard InChI is InChI=1S/C17H13FO3/c1-10-14(20-2)7-6-13-16(19)15(21-17(10)13)9-11-4-3-5-12(18)8-11/h3-9H,1-2H3/b15-9-. The lowest BCUT2D eigenvalue weighted by Gasteiger charge is -2.07. The molecule has 2 aromatic carbocycles. The molecular weight excluding hydrogens is 271 g/mol. The highest BCUT2D eigenvalue weighted by Gasteiger charge is 2.29. The van der Waals surface area contributed by atoms with Gasteiger partial charge in [-0.3, -0.25) is 4.79 Å². The van der Waals surface area contributed by atoms with Gasteiger partial charge in [0.05, 0.1) is 12.7 Å². The smallest absolute Gasteiger partial charge is 0.231 e. The van der Waals surface area contributed by atoms with Crippen molar-refractivity contribution >= 4 is 11.9 Å². The molecule has 0 aromatic heterocycles. The Morgan fingerprint density at radius 1 is 1.24 bits per heavy atom. The molecule has 1 aliphatic heterocycles. The number of rotatable bonds is 2. The predicted octanol–water partition coefficient (Wildman–Crippen LogP) is 3.76. The molecule has 0 radical (unpaired) electrons. The zero-order valence-corrected chi connectivity index (χ0v) is 11.6. The first kappa shape index (κ1) is 13.4. The second kappa shape index (κ2) is 5.05. The van der Waals surface area contributed by atoms with Crippen molar-refractivity contribution < 1.29 is 18.7 Å². The molecule has 3 rings (SSSR count). The van der Waals surface area contributed by atoms with Crippen molar-refractivity contribution in [1.29, 1.82) is 0 Å². The highest BCUT2D eigenvalue weighted by atomic mass is 19.1. The van der Waals surface area contributed by atoms with E-state index in [9.17, 15) is 9.18 Å². The van der Waals surface area contributed by atoms with Crippen LogP contribution in [0, 0.1) is 12.7 Å². The van der Waals surface area contributed by atoms with Gasteiger partial charge in [-0.1, -0.05) is 12.1 Å². The Labute approximate surface area is 121 Å². The summed E-state index contributed by atoms with van der Waals surface area (Å²) in [6.07, 6.45) is 1.54. The number of methoxy groups -OCH3 is 1. The number of benzene rings is 2. The lowest BCUT2D eigenvalue weighted by atomic mass is 10.1. The third kappa shape index (κ3) is 2.29. The molecule has 1 aliphatic rings. The van der Waals surface area contributed by atoms with Gasteiger partial charge in [0.1, 0.15) is 17.3 Å². The van der Waals surface area contributed by atoms with Crippen molar-refractivity contribution in [3.05, 3.63) is 64.7 Å². The molecule has 3 nitrogen and oxygen atoms in total. The molecule has 106 valence electrons. The molecule has 0 bridgehead atoms. The third-order valence-electron chi connectivity index (χ3n) is 3.40. The van der Waals surface area contributed by atoms with Crippen LogP contribution in [-0.2, 0) is 0 Å². The number of Topliss-reactive ketones (excluding diaryl/α,β-unsaturated/α-hetero) is 1. The summed E-state index contributed by atoms with van der Waals surface area (Å²) in [5, 5.41) is 0. The number of carbonyl (C=O) groups is 1. The topological polar surface area (TPSA) is 35.5 Å². The van der Waals surface area contributed by atoms with E-state index in [1.165, 1.54) is 18.2 Å². The van der Waals surface area contributed by atoms with E-state index in [1.54, 1.807) is 31.4 Å². The van der Waals surface area contributed by atoms with Crippen LogP contribution in [0.25, 0.3) is 6.08 Å². The highest BCUT2D eigenvalue weighted by Crippen LogP contribution is 2.39. The summed E-state index contributed by atoms with van der Waals surface area (Å²) in [6.45, 7) is 1.83. The second-order valence-electron chi connectivity index (χ2n) is 4.76. The van der Waals surface area contributed by atoms with Gasteiger partial charge in [0.15, 0.2) is 5.76 Å². The molecule has 21 heavy (non-hydrogen) atoms. The minimum Gasteiger partial charge on any atom is -0.496 e. The average molecular weight is 284 g/mol. The number of fused-ring (bicyclic) bond motifs is 1. The van der Waals surface area contributed by atoms with Crippen molar-refractivity contribution in [2.24, 2.45) is 0 Å². The van der Waals surface area contributed by atoms with Gasteiger partial charge < -0.3 is 9.47 Å². The maximum atomic E-state index is 13.2. The van der Waals surface area contributed by atoms with Gasteiger partial charge in [-0.15, -0.1) is 0 Å². The average Bonchev–Trinajstić information content (AvgIpc) is 2.77. The molecule has 0 fully saturated rings. The number of hydrogen-bond donors (Lipinski definition) is 0. The van der Waals surface area contributed by atoms with Crippen molar-refractivity contribution in [3.63, 3.8) is 0 Å². The summed E-state index contributed by atoms with van der Waals surface area (Å²) < 4.78 is 24.1. The molecule has 0 N–H and O–H groups in total. The molecule has 0 saturated heterocycles. The first-order valence-electron chi connectivity index (χ1n) is 6.47. The van der Waals surface area contributed by atoms with Crippen LogP contribution in [-0.4, -0.2) is 12.9 Å². The van der Waals surface area contributed by atoms with Crippen LogP contribution >= 0.6 is 0 Å². The lowest BCUT2D eigenvalue weighted by Crippen LogP contribution is -1.98. The molecule has 0 atom stereocenters. The summed E-state index contributed by atoms with van der Waals surface area (Å²) in [4.78, 5) is 12.3. The third-order valence-corrected chi connectivity index (χ3v) is 3.40. The Balaban J connectivity index is 2.02. The summed E-state index contributed by atoms with van der Waals surface area (Å²) >= 11 is 0. The monoisotopic (exact) mass is 284 g/mol. The van der Waals surface area contributed by atoms with Gasteiger partial charge in [0.25, 0.3) is 0 Å². The quantitative estimate of drug-likeness (QED) is 0.788. The Morgan fingerprint density at radius 3 is 2.76 bits per heavy atom. The zero-order chi connectivity index (χ0) is 15.0. The Kier molecular flexibility index (Phi) is 3.22. The van der Waals surface area contributed by atoms with Gasteiger partial charge in [-0.2, -0.15) is 0 Å². The van der Waals surface area contributed by atoms with E-state index in [0.717, 1.165) is 5.56 Å². The van der Waals surface area contributed by atoms with Crippen LogP contribution in [0.4, 0.5) is 4.39 Å². The molecule has 2 aromatic rings. The van der Waals surface area contributed by atoms with Crippen molar-refractivity contribution in [3.8, 4) is 11.5 Å². The second-order valence-corrected chi connectivity index (χ2v) is 4.76. The van der Waals surface area contributed by atoms with Gasteiger partial charge in [-0.05, 0) is 42.8 Å². The van der Waals surface area contributed by atoms with Crippen molar-refractivity contribution in [2.75, 3.05) is 7.11 Å². The van der Waals surface area contributed by atoms with E-state index in [0.29, 0.717) is 22.6 Å². The van der Waals surface area contributed by atoms with Crippen LogP contribution in [0.15, 0.2) is 42.2 Å². The number of allylic oxidation sites excluding steroid dienone is 1. The molecule has 4 heteroatoms. The maximum absolute atomic E-state index is 13.2. The molecule has 0 amide bonds. The summed E-state index contributed by atoms with van der Waals surface area (Å²) in [5.41, 5.74) is 1.85. The van der Waals surface area contributed by atoms with Crippen LogP contribution in [0.5, 0.6) is 11.5 Å². The fourth-order valence-electron chi connectivity index (χ4n) is 2.34. The molecule has 1 heterocycles. The van der Waals surface area contributed by atoms with E-state index in [1.807, 2.05) is 6.92 Å². The molecular formula is C17H13FO3. The Morgan fingerprint density at radius 2 is 2.05 bits per heavy atom. The minimum atomic E-state index is -0.356. The van der Waals surface area contributed by atoms with E-state index >= 15 is 0 Å². The van der Waals surface area contributed by atoms with E-state index in [4.69, 9.17) is 9.47 Å². The lowest BCUT2D eigenvalue weighted by molar-refractivity contribution is 0.101. The van der Waals surface area contributed by atoms with Crippen LogP contribution in [0.2, 0.25) is 0 Å². The molecule has 0 unspecified atom stereocenters. The van der Waals surface area contributed by atoms with Gasteiger partial charge in [-0.25, -0.2) is 4.39 Å².